The van der Waals surface area contributed by atoms with Gasteiger partial charge < -0.3 is 21.1 Å². The second-order valence-electron chi connectivity index (χ2n) is 5.26. The van der Waals surface area contributed by atoms with Gasteiger partial charge in [-0.1, -0.05) is 71.1 Å². The van der Waals surface area contributed by atoms with Crippen molar-refractivity contribution in [3.05, 3.63) is 0 Å². The minimum absolute atomic E-state index is 0. The molecular weight excluding hydrogens is 310 g/mol. The molecule has 0 heterocycles. The SMILES string of the molecule is Br.CCCCCCCCCCCCC(N)C(O)(O)O. The highest BCUT2D eigenvalue weighted by atomic mass is 79.9. The first-order valence-electron chi connectivity index (χ1n) is 7.41. The van der Waals surface area contributed by atoms with E-state index < -0.39 is 12.0 Å². The Hall–Kier alpha value is 0.320. The third-order valence-electron chi connectivity index (χ3n) is 3.37. The van der Waals surface area contributed by atoms with E-state index in [9.17, 15) is 0 Å². The Morgan fingerprint density at radius 1 is 0.789 bits per heavy atom. The summed E-state index contributed by atoms with van der Waals surface area (Å²) in [6.07, 6.45) is 12.7. The van der Waals surface area contributed by atoms with Crippen molar-refractivity contribution in [2.75, 3.05) is 0 Å². The largest absolute Gasteiger partial charge is 0.342 e. The highest BCUT2D eigenvalue weighted by Gasteiger charge is 2.27. The van der Waals surface area contributed by atoms with Crippen molar-refractivity contribution in [1.82, 2.24) is 0 Å². The molecule has 0 saturated heterocycles. The van der Waals surface area contributed by atoms with Crippen LogP contribution in [0.2, 0.25) is 0 Å². The Kier molecular flexibility index (Phi) is 15.1. The molecule has 0 amide bonds. The summed E-state index contributed by atoms with van der Waals surface area (Å²) in [5, 5.41) is 26.4. The summed E-state index contributed by atoms with van der Waals surface area (Å²) >= 11 is 0. The molecule has 0 spiro atoms. The molecular formula is C14H32BrNO3. The fourth-order valence-corrected chi connectivity index (χ4v) is 2.05. The van der Waals surface area contributed by atoms with Crippen LogP contribution in [0, 0.1) is 0 Å². The first-order chi connectivity index (χ1) is 8.48. The van der Waals surface area contributed by atoms with Crippen molar-refractivity contribution in [3.63, 3.8) is 0 Å². The van der Waals surface area contributed by atoms with Crippen LogP contribution in [0.1, 0.15) is 77.6 Å². The van der Waals surface area contributed by atoms with Crippen LogP contribution in [0.25, 0.3) is 0 Å². The summed E-state index contributed by atoms with van der Waals surface area (Å²) in [5.41, 5.74) is 5.41. The van der Waals surface area contributed by atoms with Crippen molar-refractivity contribution < 1.29 is 15.3 Å². The van der Waals surface area contributed by atoms with Crippen molar-refractivity contribution in [2.24, 2.45) is 5.73 Å². The number of hydrogen-bond donors (Lipinski definition) is 4. The maximum atomic E-state index is 8.82. The van der Waals surface area contributed by atoms with Gasteiger partial charge in [0.05, 0.1) is 6.04 Å². The molecule has 0 aromatic rings. The lowest BCUT2D eigenvalue weighted by Crippen LogP contribution is -2.47. The molecule has 5 heteroatoms. The normalized spacial score (nSPS) is 13.1. The number of rotatable bonds is 12. The maximum absolute atomic E-state index is 8.82. The van der Waals surface area contributed by atoms with Gasteiger partial charge in [0.25, 0.3) is 5.97 Å². The van der Waals surface area contributed by atoms with Gasteiger partial charge in [-0.3, -0.25) is 0 Å². The number of hydrogen-bond acceptors (Lipinski definition) is 4. The van der Waals surface area contributed by atoms with Crippen LogP contribution in [0.15, 0.2) is 0 Å². The second-order valence-corrected chi connectivity index (χ2v) is 5.26. The number of unbranched alkanes of at least 4 members (excludes halogenated alkanes) is 9. The van der Waals surface area contributed by atoms with E-state index in [1.54, 1.807) is 0 Å². The lowest BCUT2D eigenvalue weighted by Gasteiger charge is -2.21. The Bertz CT molecular complexity index is 186. The van der Waals surface area contributed by atoms with Crippen LogP contribution >= 0.6 is 17.0 Å². The van der Waals surface area contributed by atoms with Crippen molar-refractivity contribution >= 4 is 17.0 Å². The fourth-order valence-electron chi connectivity index (χ4n) is 2.05. The Morgan fingerprint density at radius 2 is 1.16 bits per heavy atom. The van der Waals surface area contributed by atoms with E-state index >= 15 is 0 Å². The molecule has 0 aromatic carbocycles. The van der Waals surface area contributed by atoms with Gasteiger partial charge in [-0.25, -0.2) is 0 Å². The number of nitrogens with two attached hydrogens (primary N) is 1. The van der Waals surface area contributed by atoms with Gasteiger partial charge in [0.15, 0.2) is 0 Å². The number of aliphatic hydroxyl groups is 3. The van der Waals surface area contributed by atoms with E-state index in [4.69, 9.17) is 21.1 Å². The van der Waals surface area contributed by atoms with Gasteiger partial charge in [0.2, 0.25) is 0 Å². The Labute approximate surface area is 128 Å². The molecule has 0 fully saturated rings. The van der Waals surface area contributed by atoms with E-state index in [0.29, 0.717) is 6.42 Å². The van der Waals surface area contributed by atoms with E-state index in [0.717, 1.165) is 19.3 Å². The molecule has 0 bridgehead atoms. The molecule has 118 valence electrons. The molecule has 19 heavy (non-hydrogen) atoms. The third-order valence-corrected chi connectivity index (χ3v) is 3.37. The van der Waals surface area contributed by atoms with E-state index in [-0.39, 0.29) is 17.0 Å². The van der Waals surface area contributed by atoms with Crippen molar-refractivity contribution in [2.45, 2.75) is 89.6 Å². The molecule has 1 atom stereocenters. The van der Waals surface area contributed by atoms with Gasteiger partial charge >= 0.3 is 0 Å². The van der Waals surface area contributed by atoms with E-state index in [1.165, 1.54) is 44.9 Å². The average molecular weight is 342 g/mol. The molecule has 0 aromatic heterocycles. The zero-order valence-electron chi connectivity index (χ0n) is 12.2. The summed E-state index contributed by atoms with van der Waals surface area (Å²) in [4.78, 5) is 0. The highest BCUT2D eigenvalue weighted by molar-refractivity contribution is 8.93. The molecule has 0 saturated carbocycles. The summed E-state index contributed by atoms with van der Waals surface area (Å²) in [5.74, 6) is -2.72. The van der Waals surface area contributed by atoms with Crippen molar-refractivity contribution in [1.29, 1.82) is 0 Å². The fraction of sp³-hybridized carbons (Fsp3) is 1.00. The quantitative estimate of drug-likeness (QED) is 0.324. The highest BCUT2D eigenvalue weighted by Crippen LogP contribution is 2.13. The van der Waals surface area contributed by atoms with Crippen LogP contribution < -0.4 is 5.73 Å². The minimum atomic E-state index is -2.72. The first-order valence-corrected chi connectivity index (χ1v) is 7.41. The predicted octanol–water partition coefficient (Wildman–Crippen LogP) is 2.83. The topological polar surface area (TPSA) is 86.7 Å². The lowest BCUT2D eigenvalue weighted by molar-refractivity contribution is -0.323. The Balaban J connectivity index is 0. The molecule has 0 radical (unpaired) electrons. The summed E-state index contributed by atoms with van der Waals surface area (Å²) in [6, 6.07) is -0.966. The number of halogens is 1. The molecule has 5 N–H and O–H groups in total. The third kappa shape index (κ3) is 14.5. The first kappa shape index (κ1) is 21.6. The predicted molar refractivity (Wildman–Crippen MR) is 84.1 cm³/mol. The zero-order valence-corrected chi connectivity index (χ0v) is 13.9. The van der Waals surface area contributed by atoms with Crippen LogP contribution in [-0.4, -0.2) is 27.3 Å². The maximum Gasteiger partial charge on any atom is 0.291 e. The molecule has 0 rings (SSSR count). The molecule has 0 aliphatic rings. The van der Waals surface area contributed by atoms with Crippen molar-refractivity contribution in [3.8, 4) is 0 Å². The average Bonchev–Trinajstić information content (AvgIpc) is 2.30. The molecule has 4 nitrogen and oxygen atoms in total. The van der Waals surface area contributed by atoms with E-state index in [2.05, 4.69) is 6.92 Å². The van der Waals surface area contributed by atoms with Crippen LogP contribution in [0.4, 0.5) is 0 Å². The van der Waals surface area contributed by atoms with Gasteiger partial charge in [-0.15, -0.1) is 17.0 Å². The van der Waals surface area contributed by atoms with Crippen LogP contribution in [0.5, 0.6) is 0 Å². The summed E-state index contributed by atoms with van der Waals surface area (Å²) in [7, 11) is 0. The lowest BCUT2D eigenvalue weighted by atomic mass is 10.0. The van der Waals surface area contributed by atoms with E-state index in [1.807, 2.05) is 0 Å². The zero-order chi connectivity index (χ0) is 13.9. The smallest absolute Gasteiger partial charge is 0.291 e. The molecule has 0 aliphatic carbocycles. The second kappa shape index (κ2) is 13.3. The molecule has 0 aliphatic heterocycles. The summed E-state index contributed by atoms with van der Waals surface area (Å²) < 4.78 is 0. The molecule has 1 unspecified atom stereocenters. The van der Waals surface area contributed by atoms with Gasteiger partial charge in [0.1, 0.15) is 0 Å². The van der Waals surface area contributed by atoms with Gasteiger partial charge in [0, 0.05) is 0 Å². The van der Waals surface area contributed by atoms with Gasteiger partial charge in [-0.2, -0.15) is 0 Å². The van der Waals surface area contributed by atoms with Crippen LogP contribution in [-0.2, 0) is 0 Å². The summed E-state index contributed by atoms with van der Waals surface area (Å²) in [6.45, 7) is 2.23. The van der Waals surface area contributed by atoms with Gasteiger partial charge in [-0.05, 0) is 6.42 Å². The minimum Gasteiger partial charge on any atom is -0.342 e. The Morgan fingerprint density at radius 3 is 1.53 bits per heavy atom. The monoisotopic (exact) mass is 341 g/mol. The standard InChI is InChI=1S/C14H31NO3.BrH/c1-2-3-4-5-6-7-8-9-10-11-12-13(15)14(16,17)18;/h13,16-18H,2-12,15H2,1H3;1H. The van der Waals surface area contributed by atoms with Crippen LogP contribution in [0.3, 0.4) is 0 Å².